The Labute approximate surface area is 84.1 Å². The van der Waals surface area contributed by atoms with Crippen LogP contribution in [0.5, 0.6) is 0 Å². The molecule has 2 unspecified atom stereocenters. The van der Waals surface area contributed by atoms with Crippen LogP contribution in [0.2, 0.25) is 0 Å². The van der Waals surface area contributed by atoms with Crippen LogP contribution in [0.3, 0.4) is 0 Å². The Balaban J connectivity index is 2.40. The molecule has 0 radical (unpaired) electrons. The van der Waals surface area contributed by atoms with Crippen LogP contribution in [0.1, 0.15) is 43.2 Å². The van der Waals surface area contributed by atoms with Crippen molar-refractivity contribution in [2.24, 2.45) is 5.92 Å². The summed E-state index contributed by atoms with van der Waals surface area (Å²) >= 11 is 4.25. The van der Waals surface area contributed by atoms with Crippen LogP contribution >= 0.6 is 12.6 Å². The second-order valence-electron chi connectivity index (χ2n) is 4.08. The first-order valence-electron chi connectivity index (χ1n) is 4.80. The molecule has 0 fully saturated rings. The summed E-state index contributed by atoms with van der Waals surface area (Å²) < 4.78 is 5.34. The van der Waals surface area contributed by atoms with E-state index in [0.717, 1.165) is 23.8 Å². The molecule has 1 heterocycles. The topological polar surface area (TPSA) is 26.0 Å². The monoisotopic (exact) mass is 197 g/mol. The van der Waals surface area contributed by atoms with Gasteiger partial charge in [0.1, 0.15) is 5.76 Å². The predicted octanol–water partition coefficient (Wildman–Crippen LogP) is 2.79. The van der Waals surface area contributed by atoms with E-state index in [-0.39, 0.29) is 0 Å². The van der Waals surface area contributed by atoms with Crippen molar-refractivity contribution in [3.8, 4) is 0 Å². The molecule has 3 heteroatoms. The van der Waals surface area contributed by atoms with Gasteiger partial charge in [-0.2, -0.15) is 12.6 Å². The van der Waals surface area contributed by atoms with Crippen LogP contribution in [0, 0.1) is 5.92 Å². The molecule has 72 valence electrons. The molecule has 1 aromatic rings. The van der Waals surface area contributed by atoms with Gasteiger partial charge in [0.25, 0.3) is 0 Å². The van der Waals surface area contributed by atoms with Gasteiger partial charge in [-0.05, 0) is 18.8 Å². The van der Waals surface area contributed by atoms with Gasteiger partial charge in [-0.1, -0.05) is 19.0 Å². The molecule has 0 aromatic carbocycles. The van der Waals surface area contributed by atoms with Gasteiger partial charge in [-0.3, -0.25) is 0 Å². The summed E-state index contributed by atoms with van der Waals surface area (Å²) in [4.78, 5) is 0. The second kappa shape index (κ2) is 3.37. The van der Waals surface area contributed by atoms with Crippen molar-refractivity contribution >= 4 is 12.6 Å². The summed E-state index contributed by atoms with van der Waals surface area (Å²) in [5.41, 5.74) is 2.36. The number of aromatic nitrogens is 1. The summed E-state index contributed by atoms with van der Waals surface area (Å²) in [6.45, 7) is 4.50. The molecule has 1 aliphatic carbocycles. The molecule has 1 aromatic heterocycles. The number of thiol groups is 1. The maximum absolute atomic E-state index is 5.34. The number of rotatable bonds is 1. The van der Waals surface area contributed by atoms with Crippen molar-refractivity contribution in [1.29, 1.82) is 0 Å². The van der Waals surface area contributed by atoms with Crippen molar-refractivity contribution in [1.82, 2.24) is 5.16 Å². The molecule has 0 amide bonds. The summed E-state index contributed by atoms with van der Waals surface area (Å²) in [6.07, 6.45) is 2.33. The lowest BCUT2D eigenvalue weighted by Crippen LogP contribution is -2.13. The lowest BCUT2D eigenvalue weighted by molar-refractivity contribution is 0.324. The van der Waals surface area contributed by atoms with Crippen LogP contribution in [0.4, 0.5) is 0 Å². The second-order valence-corrected chi connectivity index (χ2v) is 4.39. The maximum atomic E-state index is 5.34. The molecule has 0 bridgehead atoms. The highest BCUT2D eigenvalue weighted by atomic mass is 32.1. The van der Waals surface area contributed by atoms with Crippen molar-refractivity contribution < 1.29 is 4.52 Å². The zero-order valence-corrected chi connectivity index (χ0v) is 8.97. The fraction of sp³-hybridized carbons (Fsp3) is 0.700. The molecule has 2 atom stereocenters. The largest absolute Gasteiger partial charge is 0.361 e. The number of nitrogens with zero attached hydrogens (tertiary/aromatic N) is 1. The van der Waals surface area contributed by atoms with Crippen molar-refractivity contribution in [3.05, 3.63) is 17.0 Å². The van der Waals surface area contributed by atoms with Gasteiger partial charge < -0.3 is 4.52 Å². The fourth-order valence-corrected chi connectivity index (χ4v) is 2.48. The zero-order valence-electron chi connectivity index (χ0n) is 8.08. The highest BCUT2D eigenvalue weighted by Crippen LogP contribution is 2.36. The first kappa shape index (κ1) is 9.13. The smallest absolute Gasteiger partial charge is 0.143 e. The van der Waals surface area contributed by atoms with Crippen LogP contribution in [0.25, 0.3) is 0 Å². The lowest BCUT2D eigenvalue weighted by Gasteiger charge is -2.22. The molecule has 0 N–H and O–H groups in total. The SMILES string of the molecule is CC1Cc2c(CS)noc2C(C)C1. The zero-order chi connectivity index (χ0) is 9.42. The van der Waals surface area contributed by atoms with Gasteiger partial charge in [0.15, 0.2) is 0 Å². The van der Waals surface area contributed by atoms with Crippen molar-refractivity contribution in [3.63, 3.8) is 0 Å². The van der Waals surface area contributed by atoms with Crippen LogP contribution in [-0.4, -0.2) is 5.16 Å². The Hall–Kier alpha value is -0.440. The molecular formula is C10H15NOS. The third-order valence-corrected chi connectivity index (χ3v) is 3.11. The van der Waals surface area contributed by atoms with E-state index in [9.17, 15) is 0 Å². The van der Waals surface area contributed by atoms with Gasteiger partial charge in [-0.25, -0.2) is 0 Å². The van der Waals surface area contributed by atoms with E-state index in [1.807, 2.05) is 0 Å². The van der Waals surface area contributed by atoms with E-state index in [1.165, 1.54) is 12.0 Å². The van der Waals surface area contributed by atoms with Gasteiger partial charge >= 0.3 is 0 Å². The molecule has 2 rings (SSSR count). The molecule has 13 heavy (non-hydrogen) atoms. The Bertz CT molecular complexity index is 308. The Morgan fingerprint density at radius 3 is 3.00 bits per heavy atom. The van der Waals surface area contributed by atoms with E-state index in [0.29, 0.717) is 11.7 Å². The van der Waals surface area contributed by atoms with E-state index in [1.54, 1.807) is 0 Å². The average molecular weight is 197 g/mol. The summed E-state index contributed by atoms with van der Waals surface area (Å²) in [5, 5.41) is 4.05. The summed E-state index contributed by atoms with van der Waals surface area (Å²) in [5.74, 6) is 3.07. The number of hydrogen-bond acceptors (Lipinski definition) is 3. The highest BCUT2D eigenvalue weighted by molar-refractivity contribution is 7.79. The van der Waals surface area contributed by atoms with Crippen molar-refractivity contribution in [2.45, 2.75) is 38.4 Å². The summed E-state index contributed by atoms with van der Waals surface area (Å²) in [6, 6.07) is 0. The van der Waals surface area contributed by atoms with E-state index in [4.69, 9.17) is 4.52 Å². The van der Waals surface area contributed by atoms with Gasteiger partial charge in [0.2, 0.25) is 0 Å². The minimum absolute atomic E-state index is 0.528. The molecule has 0 saturated heterocycles. The van der Waals surface area contributed by atoms with Crippen LogP contribution in [-0.2, 0) is 12.2 Å². The van der Waals surface area contributed by atoms with Crippen molar-refractivity contribution in [2.75, 3.05) is 0 Å². The molecule has 2 nitrogen and oxygen atoms in total. The van der Waals surface area contributed by atoms with Gasteiger partial charge in [0, 0.05) is 17.2 Å². The Morgan fingerprint density at radius 2 is 2.31 bits per heavy atom. The molecule has 1 aliphatic rings. The maximum Gasteiger partial charge on any atom is 0.143 e. The van der Waals surface area contributed by atoms with E-state index < -0.39 is 0 Å². The minimum atomic E-state index is 0.528. The normalized spacial score (nSPS) is 27.3. The molecule has 0 aliphatic heterocycles. The molecule has 0 spiro atoms. The van der Waals surface area contributed by atoms with Gasteiger partial charge in [-0.15, -0.1) is 0 Å². The molecule has 0 saturated carbocycles. The first-order chi connectivity index (χ1) is 6.22. The molecular weight excluding hydrogens is 182 g/mol. The van der Waals surface area contributed by atoms with E-state index >= 15 is 0 Å². The average Bonchev–Trinajstić information content (AvgIpc) is 2.47. The number of hydrogen-bond donors (Lipinski definition) is 1. The fourth-order valence-electron chi connectivity index (χ4n) is 2.23. The highest BCUT2D eigenvalue weighted by Gasteiger charge is 2.27. The lowest BCUT2D eigenvalue weighted by atomic mass is 9.82. The van der Waals surface area contributed by atoms with E-state index in [2.05, 4.69) is 31.6 Å². The third kappa shape index (κ3) is 1.50. The first-order valence-corrected chi connectivity index (χ1v) is 5.43. The Morgan fingerprint density at radius 1 is 1.54 bits per heavy atom. The quantitative estimate of drug-likeness (QED) is 0.701. The van der Waals surface area contributed by atoms with Crippen LogP contribution < -0.4 is 0 Å². The number of fused-ring (bicyclic) bond motifs is 1. The van der Waals surface area contributed by atoms with Crippen LogP contribution in [0.15, 0.2) is 4.52 Å². The predicted molar refractivity (Wildman–Crippen MR) is 55.1 cm³/mol. The Kier molecular flexibility index (Phi) is 2.37. The standard InChI is InChI=1S/C10H15NOS/c1-6-3-7(2)10-8(4-6)9(5-13)11-12-10/h6-7,13H,3-5H2,1-2H3. The summed E-state index contributed by atoms with van der Waals surface area (Å²) in [7, 11) is 0. The van der Waals surface area contributed by atoms with Gasteiger partial charge in [0.05, 0.1) is 5.69 Å². The minimum Gasteiger partial charge on any atom is -0.361 e. The third-order valence-electron chi connectivity index (χ3n) is 2.81.